The molecular formula is C22H17N3O3. The van der Waals surface area contributed by atoms with Gasteiger partial charge < -0.3 is 19.4 Å². The lowest BCUT2D eigenvalue weighted by molar-refractivity contribution is -0.119. The van der Waals surface area contributed by atoms with Crippen molar-refractivity contribution < 1.29 is 14.3 Å². The molecule has 3 unspecified atom stereocenters. The first-order chi connectivity index (χ1) is 13.8. The summed E-state index contributed by atoms with van der Waals surface area (Å²) >= 11 is 0. The fourth-order valence-corrected chi connectivity index (χ4v) is 4.47. The Morgan fingerprint density at radius 2 is 1.93 bits per heavy atom. The molecule has 2 aliphatic heterocycles. The van der Waals surface area contributed by atoms with Crippen molar-refractivity contribution in [2.24, 2.45) is 11.8 Å². The van der Waals surface area contributed by atoms with Crippen molar-refractivity contribution in [2.45, 2.75) is 6.04 Å². The van der Waals surface area contributed by atoms with Crippen molar-refractivity contribution in [3.05, 3.63) is 72.6 Å². The minimum absolute atomic E-state index is 0.0651. The zero-order valence-electron chi connectivity index (χ0n) is 14.9. The van der Waals surface area contributed by atoms with E-state index in [1.54, 1.807) is 6.33 Å². The van der Waals surface area contributed by atoms with Crippen LogP contribution in [0.2, 0.25) is 0 Å². The Kier molecular flexibility index (Phi) is 3.17. The number of aromatic amines is 1. The fourth-order valence-electron chi connectivity index (χ4n) is 4.47. The standard InChI is InChI=1S/C22H17N3O3/c26-22-16-4-2-1-3-15(16)21(13-5-8-19-20(9-13)28-12-27-19)25(22)14-6-7-17-18(10-14)24-11-23-17/h1-11,15-16,21H,12H2,(H,23,24). The van der Waals surface area contributed by atoms with Crippen molar-refractivity contribution in [3.63, 3.8) is 0 Å². The van der Waals surface area contributed by atoms with Gasteiger partial charge in [0.05, 0.1) is 29.3 Å². The van der Waals surface area contributed by atoms with Crippen LogP contribution in [-0.4, -0.2) is 22.7 Å². The van der Waals surface area contributed by atoms with Crippen LogP contribution < -0.4 is 14.4 Å². The quantitative estimate of drug-likeness (QED) is 0.745. The molecule has 1 aromatic heterocycles. The molecular weight excluding hydrogens is 354 g/mol. The lowest BCUT2D eigenvalue weighted by Crippen LogP contribution is -2.29. The van der Waals surface area contributed by atoms with Gasteiger partial charge in [-0.15, -0.1) is 0 Å². The maximum absolute atomic E-state index is 13.4. The second kappa shape index (κ2) is 5.73. The number of imidazole rings is 1. The number of fused-ring (bicyclic) bond motifs is 3. The summed E-state index contributed by atoms with van der Waals surface area (Å²) < 4.78 is 11.0. The molecule has 1 amide bonds. The van der Waals surface area contributed by atoms with E-state index in [2.05, 4.69) is 16.0 Å². The van der Waals surface area contributed by atoms with E-state index < -0.39 is 0 Å². The van der Waals surface area contributed by atoms with Crippen LogP contribution in [0, 0.1) is 11.8 Å². The molecule has 0 bridgehead atoms. The molecule has 3 heterocycles. The van der Waals surface area contributed by atoms with Crippen LogP contribution in [0.1, 0.15) is 11.6 Å². The summed E-state index contributed by atoms with van der Waals surface area (Å²) in [6.07, 6.45) is 9.78. The number of hydrogen-bond donors (Lipinski definition) is 1. The van der Waals surface area contributed by atoms with E-state index >= 15 is 0 Å². The van der Waals surface area contributed by atoms with Gasteiger partial charge in [0.25, 0.3) is 0 Å². The van der Waals surface area contributed by atoms with Crippen molar-refractivity contribution in [1.29, 1.82) is 0 Å². The Morgan fingerprint density at radius 3 is 2.89 bits per heavy atom. The molecule has 1 saturated heterocycles. The predicted molar refractivity (Wildman–Crippen MR) is 104 cm³/mol. The Labute approximate surface area is 161 Å². The van der Waals surface area contributed by atoms with Crippen LogP contribution in [0.3, 0.4) is 0 Å². The van der Waals surface area contributed by atoms with Crippen molar-refractivity contribution >= 4 is 22.6 Å². The largest absolute Gasteiger partial charge is 0.454 e. The van der Waals surface area contributed by atoms with Crippen molar-refractivity contribution in [2.75, 3.05) is 11.7 Å². The second-order valence-corrected chi connectivity index (χ2v) is 7.24. The van der Waals surface area contributed by atoms with Gasteiger partial charge in [0.1, 0.15) is 0 Å². The molecule has 2 aromatic carbocycles. The first-order valence-corrected chi connectivity index (χ1v) is 9.30. The number of carbonyl (C=O) groups excluding carboxylic acids is 1. The summed E-state index contributed by atoms with van der Waals surface area (Å²) in [7, 11) is 0. The predicted octanol–water partition coefficient (Wildman–Crippen LogP) is 3.74. The number of rotatable bonds is 2. The third-order valence-corrected chi connectivity index (χ3v) is 5.76. The average Bonchev–Trinajstić information content (AvgIpc) is 3.44. The van der Waals surface area contributed by atoms with Gasteiger partial charge in [0, 0.05) is 11.6 Å². The maximum atomic E-state index is 13.4. The highest BCUT2D eigenvalue weighted by Crippen LogP contribution is 2.48. The Hall–Kier alpha value is -3.54. The molecule has 6 nitrogen and oxygen atoms in total. The maximum Gasteiger partial charge on any atom is 0.235 e. The first kappa shape index (κ1) is 15.5. The summed E-state index contributed by atoms with van der Waals surface area (Å²) in [5.74, 6) is 1.47. The highest BCUT2D eigenvalue weighted by molar-refractivity contribution is 6.01. The fraction of sp³-hybridized carbons (Fsp3) is 0.182. The molecule has 0 radical (unpaired) electrons. The Bertz CT molecular complexity index is 1160. The number of carbonyl (C=O) groups is 1. The first-order valence-electron chi connectivity index (χ1n) is 9.30. The van der Waals surface area contributed by atoms with Gasteiger partial charge in [0.15, 0.2) is 11.5 Å². The number of ether oxygens (including phenoxy) is 2. The lowest BCUT2D eigenvalue weighted by Gasteiger charge is -2.28. The normalized spacial score (nSPS) is 24.9. The van der Waals surface area contributed by atoms with Crippen LogP contribution in [0.15, 0.2) is 67.0 Å². The monoisotopic (exact) mass is 371 g/mol. The topological polar surface area (TPSA) is 67.5 Å². The van der Waals surface area contributed by atoms with Crippen molar-refractivity contribution in [1.82, 2.24) is 9.97 Å². The van der Waals surface area contributed by atoms with Gasteiger partial charge in [-0.3, -0.25) is 4.79 Å². The van der Waals surface area contributed by atoms with Crippen LogP contribution >= 0.6 is 0 Å². The molecule has 0 spiro atoms. The lowest BCUT2D eigenvalue weighted by atomic mass is 9.84. The van der Waals surface area contributed by atoms with Gasteiger partial charge in [-0.1, -0.05) is 30.4 Å². The molecule has 1 N–H and O–H groups in total. The third-order valence-electron chi connectivity index (χ3n) is 5.76. The molecule has 6 rings (SSSR count). The van der Waals surface area contributed by atoms with E-state index in [0.29, 0.717) is 0 Å². The number of nitrogens with one attached hydrogen (secondary N) is 1. The minimum Gasteiger partial charge on any atom is -0.454 e. The van der Waals surface area contributed by atoms with E-state index in [0.717, 1.165) is 33.8 Å². The summed E-state index contributed by atoms with van der Waals surface area (Å²) in [6, 6.07) is 11.7. The number of hydrogen-bond acceptors (Lipinski definition) is 4. The van der Waals surface area contributed by atoms with E-state index in [4.69, 9.17) is 9.47 Å². The Balaban J connectivity index is 1.51. The number of nitrogens with zero attached hydrogens (tertiary/aromatic N) is 2. The average molecular weight is 371 g/mol. The number of aromatic nitrogens is 2. The van der Waals surface area contributed by atoms with Gasteiger partial charge in [-0.05, 0) is 35.9 Å². The van der Waals surface area contributed by atoms with Crippen LogP contribution in [0.5, 0.6) is 11.5 Å². The molecule has 3 aromatic rings. The zero-order chi connectivity index (χ0) is 18.7. The number of H-pyrrole nitrogens is 1. The summed E-state index contributed by atoms with van der Waals surface area (Å²) in [5.41, 5.74) is 3.69. The SMILES string of the molecule is O=C1C2C=CC=CC2C(c2ccc3c(c2)OCO3)N1c1ccc2nc[nH]c2c1. The molecule has 0 saturated carbocycles. The zero-order valence-corrected chi connectivity index (χ0v) is 14.9. The molecule has 1 fully saturated rings. The van der Waals surface area contributed by atoms with Crippen LogP contribution in [-0.2, 0) is 4.79 Å². The third kappa shape index (κ3) is 2.14. The van der Waals surface area contributed by atoms with E-state index in [1.807, 2.05) is 59.5 Å². The van der Waals surface area contributed by atoms with E-state index in [9.17, 15) is 4.79 Å². The molecule has 1 aliphatic carbocycles. The number of amides is 1. The molecule has 6 heteroatoms. The summed E-state index contributed by atoms with van der Waals surface area (Å²) in [5, 5.41) is 0. The molecule has 28 heavy (non-hydrogen) atoms. The second-order valence-electron chi connectivity index (χ2n) is 7.24. The van der Waals surface area contributed by atoms with Crippen LogP contribution in [0.25, 0.3) is 11.0 Å². The highest BCUT2D eigenvalue weighted by Gasteiger charge is 2.47. The molecule has 138 valence electrons. The van der Waals surface area contributed by atoms with Crippen molar-refractivity contribution in [3.8, 4) is 11.5 Å². The van der Waals surface area contributed by atoms with Gasteiger partial charge in [-0.25, -0.2) is 4.98 Å². The van der Waals surface area contributed by atoms with E-state index in [1.165, 1.54) is 0 Å². The number of benzene rings is 2. The summed E-state index contributed by atoms with van der Waals surface area (Å²) in [6.45, 7) is 0.233. The highest BCUT2D eigenvalue weighted by atomic mass is 16.7. The summed E-state index contributed by atoms with van der Waals surface area (Å²) in [4.78, 5) is 22.7. The number of anilines is 1. The smallest absolute Gasteiger partial charge is 0.235 e. The van der Waals surface area contributed by atoms with Gasteiger partial charge in [-0.2, -0.15) is 0 Å². The minimum atomic E-state index is -0.169. The number of allylic oxidation sites excluding steroid dienone is 2. The van der Waals surface area contributed by atoms with E-state index in [-0.39, 0.29) is 30.6 Å². The van der Waals surface area contributed by atoms with Gasteiger partial charge >= 0.3 is 0 Å². The molecule has 3 aliphatic rings. The van der Waals surface area contributed by atoms with Crippen LogP contribution in [0.4, 0.5) is 5.69 Å². The van der Waals surface area contributed by atoms with Gasteiger partial charge in [0.2, 0.25) is 12.7 Å². The Morgan fingerprint density at radius 1 is 1.04 bits per heavy atom. The molecule has 3 atom stereocenters.